The highest BCUT2D eigenvalue weighted by atomic mass is 16.3. The lowest BCUT2D eigenvalue weighted by atomic mass is 9.98. The van der Waals surface area contributed by atoms with Gasteiger partial charge in [0.05, 0.1) is 0 Å². The SMILES string of the molecule is Cc1cc(C(O)c2c(C)ccnc2N)cc(C)n1. The van der Waals surface area contributed by atoms with Crippen LogP contribution in [0.2, 0.25) is 0 Å². The van der Waals surface area contributed by atoms with Crippen LogP contribution in [-0.2, 0) is 0 Å². The highest BCUT2D eigenvalue weighted by Crippen LogP contribution is 2.28. The van der Waals surface area contributed by atoms with Gasteiger partial charge in [-0.15, -0.1) is 0 Å². The van der Waals surface area contributed by atoms with Crippen LogP contribution >= 0.6 is 0 Å². The van der Waals surface area contributed by atoms with Gasteiger partial charge in [-0.25, -0.2) is 4.98 Å². The van der Waals surface area contributed by atoms with Crippen LogP contribution in [0.5, 0.6) is 0 Å². The van der Waals surface area contributed by atoms with E-state index in [2.05, 4.69) is 9.97 Å². The van der Waals surface area contributed by atoms with Gasteiger partial charge in [-0.1, -0.05) is 0 Å². The number of rotatable bonds is 2. The van der Waals surface area contributed by atoms with E-state index in [-0.39, 0.29) is 0 Å². The molecular weight excluding hydrogens is 226 g/mol. The standard InChI is InChI=1S/C14H17N3O/c1-8-4-5-16-14(15)12(8)13(18)11-6-9(2)17-10(3)7-11/h4-7,13,18H,1-3H3,(H2,15,16). The first kappa shape index (κ1) is 12.5. The van der Waals surface area contributed by atoms with Crippen molar-refractivity contribution in [1.29, 1.82) is 0 Å². The topological polar surface area (TPSA) is 72.0 Å². The van der Waals surface area contributed by atoms with Crippen LogP contribution < -0.4 is 5.73 Å². The normalized spacial score (nSPS) is 12.4. The van der Waals surface area contributed by atoms with Gasteiger partial charge in [-0.05, 0) is 50.1 Å². The molecule has 1 unspecified atom stereocenters. The average molecular weight is 243 g/mol. The highest BCUT2D eigenvalue weighted by molar-refractivity contribution is 5.49. The van der Waals surface area contributed by atoms with Crippen molar-refractivity contribution in [2.24, 2.45) is 0 Å². The van der Waals surface area contributed by atoms with Gasteiger partial charge in [0.2, 0.25) is 0 Å². The van der Waals surface area contributed by atoms with Gasteiger partial charge >= 0.3 is 0 Å². The Balaban J connectivity index is 2.51. The number of aryl methyl sites for hydroxylation is 3. The monoisotopic (exact) mass is 243 g/mol. The van der Waals surface area contributed by atoms with Crippen LogP contribution in [0.25, 0.3) is 0 Å². The molecule has 2 rings (SSSR count). The lowest BCUT2D eigenvalue weighted by Gasteiger charge is -2.16. The van der Waals surface area contributed by atoms with Crippen molar-refractivity contribution in [1.82, 2.24) is 9.97 Å². The first-order valence-corrected chi connectivity index (χ1v) is 5.83. The predicted molar refractivity (Wildman–Crippen MR) is 71.2 cm³/mol. The number of nitrogens with two attached hydrogens (primary N) is 1. The van der Waals surface area contributed by atoms with Gasteiger partial charge in [0.15, 0.2) is 0 Å². The van der Waals surface area contributed by atoms with E-state index in [0.29, 0.717) is 11.4 Å². The maximum Gasteiger partial charge on any atom is 0.129 e. The number of aliphatic hydroxyl groups excluding tert-OH is 1. The molecule has 2 aromatic rings. The molecule has 18 heavy (non-hydrogen) atoms. The molecule has 0 fully saturated rings. The number of hydrogen-bond acceptors (Lipinski definition) is 4. The quantitative estimate of drug-likeness (QED) is 0.847. The summed E-state index contributed by atoms with van der Waals surface area (Å²) in [4.78, 5) is 8.33. The number of aliphatic hydroxyl groups is 1. The fourth-order valence-corrected chi connectivity index (χ4v) is 2.14. The van der Waals surface area contributed by atoms with Crippen molar-refractivity contribution in [2.75, 3.05) is 5.73 Å². The minimum absolute atomic E-state index is 0.370. The smallest absolute Gasteiger partial charge is 0.129 e. The Morgan fingerprint density at radius 2 is 1.78 bits per heavy atom. The molecule has 0 aliphatic carbocycles. The van der Waals surface area contributed by atoms with Gasteiger partial charge in [0, 0.05) is 23.1 Å². The van der Waals surface area contributed by atoms with Crippen molar-refractivity contribution in [3.63, 3.8) is 0 Å². The Morgan fingerprint density at radius 3 is 2.33 bits per heavy atom. The molecule has 0 aromatic carbocycles. The van der Waals surface area contributed by atoms with Crippen LogP contribution in [0.4, 0.5) is 5.82 Å². The molecule has 0 amide bonds. The molecule has 2 aromatic heterocycles. The molecule has 0 radical (unpaired) electrons. The fraction of sp³-hybridized carbons (Fsp3) is 0.286. The van der Waals surface area contributed by atoms with Crippen LogP contribution in [-0.4, -0.2) is 15.1 Å². The number of pyridine rings is 2. The van der Waals surface area contributed by atoms with Crippen molar-refractivity contribution in [3.05, 3.63) is 52.5 Å². The first-order chi connectivity index (χ1) is 8.49. The molecule has 0 aliphatic heterocycles. The predicted octanol–water partition coefficient (Wildman–Crippen LogP) is 2.07. The van der Waals surface area contributed by atoms with Gasteiger partial charge < -0.3 is 10.8 Å². The molecule has 2 heterocycles. The second kappa shape index (κ2) is 4.74. The van der Waals surface area contributed by atoms with Gasteiger partial charge in [0.25, 0.3) is 0 Å². The van der Waals surface area contributed by atoms with E-state index in [0.717, 1.165) is 22.5 Å². The molecule has 0 aliphatic rings. The molecule has 0 saturated carbocycles. The Labute approximate surface area is 107 Å². The minimum atomic E-state index is -0.765. The molecule has 0 bridgehead atoms. The zero-order valence-corrected chi connectivity index (χ0v) is 10.8. The second-order valence-electron chi connectivity index (χ2n) is 4.51. The average Bonchev–Trinajstić information content (AvgIpc) is 2.27. The minimum Gasteiger partial charge on any atom is -0.384 e. The third-order valence-corrected chi connectivity index (χ3v) is 2.93. The van der Waals surface area contributed by atoms with Gasteiger partial charge in [-0.2, -0.15) is 0 Å². The maximum absolute atomic E-state index is 10.5. The van der Waals surface area contributed by atoms with E-state index in [4.69, 9.17) is 5.73 Å². The lowest BCUT2D eigenvalue weighted by molar-refractivity contribution is 0.219. The third kappa shape index (κ3) is 2.33. The van der Waals surface area contributed by atoms with E-state index < -0.39 is 6.10 Å². The van der Waals surface area contributed by atoms with E-state index in [1.165, 1.54) is 0 Å². The number of nitrogens with zero attached hydrogens (tertiary/aromatic N) is 2. The molecule has 4 heteroatoms. The zero-order chi connectivity index (χ0) is 13.3. The Kier molecular flexibility index (Phi) is 3.30. The van der Waals surface area contributed by atoms with E-state index in [9.17, 15) is 5.11 Å². The summed E-state index contributed by atoms with van der Waals surface area (Å²) in [5.74, 6) is 0.370. The largest absolute Gasteiger partial charge is 0.384 e. The van der Waals surface area contributed by atoms with Crippen LogP contribution in [0.15, 0.2) is 24.4 Å². The number of anilines is 1. The zero-order valence-electron chi connectivity index (χ0n) is 10.8. The summed E-state index contributed by atoms with van der Waals surface area (Å²) in [5, 5.41) is 10.5. The van der Waals surface area contributed by atoms with Crippen molar-refractivity contribution >= 4 is 5.82 Å². The lowest BCUT2D eigenvalue weighted by Crippen LogP contribution is -2.08. The van der Waals surface area contributed by atoms with E-state index >= 15 is 0 Å². The summed E-state index contributed by atoms with van der Waals surface area (Å²) in [6.07, 6.45) is 0.878. The second-order valence-corrected chi connectivity index (χ2v) is 4.51. The molecule has 3 N–H and O–H groups in total. The first-order valence-electron chi connectivity index (χ1n) is 5.83. The van der Waals surface area contributed by atoms with Crippen LogP contribution in [0.1, 0.15) is 34.2 Å². The summed E-state index contributed by atoms with van der Waals surface area (Å²) in [7, 11) is 0. The third-order valence-electron chi connectivity index (χ3n) is 2.93. The molecule has 4 nitrogen and oxygen atoms in total. The highest BCUT2D eigenvalue weighted by Gasteiger charge is 2.17. The summed E-state index contributed by atoms with van der Waals surface area (Å²) < 4.78 is 0. The molecular formula is C14H17N3O. The molecule has 94 valence electrons. The van der Waals surface area contributed by atoms with Crippen LogP contribution in [0, 0.1) is 20.8 Å². The van der Waals surface area contributed by atoms with Gasteiger partial charge in [0.1, 0.15) is 11.9 Å². The number of nitrogen functional groups attached to an aromatic ring is 1. The molecule has 0 saturated heterocycles. The maximum atomic E-state index is 10.5. The van der Waals surface area contributed by atoms with Crippen molar-refractivity contribution < 1.29 is 5.11 Å². The summed E-state index contributed by atoms with van der Waals surface area (Å²) in [6, 6.07) is 5.57. The van der Waals surface area contributed by atoms with Crippen molar-refractivity contribution in [3.8, 4) is 0 Å². The Hall–Kier alpha value is -1.94. The fourth-order valence-electron chi connectivity index (χ4n) is 2.14. The van der Waals surface area contributed by atoms with E-state index in [1.54, 1.807) is 6.20 Å². The van der Waals surface area contributed by atoms with Crippen LogP contribution in [0.3, 0.4) is 0 Å². The molecule has 1 atom stereocenters. The Morgan fingerprint density at radius 1 is 1.17 bits per heavy atom. The molecule has 0 spiro atoms. The van der Waals surface area contributed by atoms with Gasteiger partial charge in [-0.3, -0.25) is 4.98 Å². The Bertz CT molecular complexity index is 541. The summed E-state index contributed by atoms with van der Waals surface area (Å²) >= 11 is 0. The van der Waals surface area contributed by atoms with E-state index in [1.807, 2.05) is 39.0 Å². The number of hydrogen-bond donors (Lipinski definition) is 2. The number of aromatic nitrogens is 2. The summed E-state index contributed by atoms with van der Waals surface area (Å²) in [5.41, 5.74) is 10.0. The summed E-state index contributed by atoms with van der Waals surface area (Å²) in [6.45, 7) is 5.73. The van der Waals surface area contributed by atoms with Crippen molar-refractivity contribution in [2.45, 2.75) is 26.9 Å².